The topological polar surface area (TPSA) is 102 Å². The molecule has 0 amide bonds. The standard InChI is InChI=1S/C19H14Cl2F3N5O3/c1-8(14-9(2)32-29-15(14)11-5-4-10(20)6-13(11)21)27-28-18-25-7-12(17(30)31-3)16(26-18)19(22,23)24/h4-7H,1-3H3,(H,25,26,28). The Bertz CT molecular complexity index is 1210. The summed E-state index contributed by atoms with van der Waals surface area (Å²) in [7, 11) is 0.952. The SMILES string of the molecule is COC(=O)c1cnc(NN=C(C)c2c(-c3ccc(Cl)cc3Cl)noc2C)nc1C(F)(F)F. The lowest BCUT2D eigenvalue weighted by atomic mass is 10.0. The third-order valence-corrected chi connectivity index (χ3v) is 4.74. The van der Waals surface area contributed by atoms with Crippen LogP contribution in [0.3, 0.4) is 0 Å². The summed E-state index contributed by atoms with van der Waals surface area (Å²) >= 11 is 12.2. The minimum atomic E-state index is -4.91. The van der Waals surface area contributed by atoms with E-state index in [0.717, 1.165) is 7.11 Å². The molecule has 3 rings (SSSR count). The first kappa shape index (κ1) is 23.5. The molecule has 0 radical (unpaired) electrons. The predicted molar refractivity (Wildman–Crippen MR) is 111 cm³/mol. The van der Waals surface area contributed by atoms with Crippen molar-refractivity contribution in [1.29, 1.82) is 0 Å². The Hall–Kier alpha value is -3.18. The van der Waals surface area contributed by atoms with Crippen molar-refractivity contribution in [2.45, 2.75) is 20.0 Å². The van der Waals surface area contributed by atoms with Crippen LogP contribution in [0.5, 0.6) is 0 Å². The van der Waals surface area contributed by atoms with E-state index in [4.69, 9.17) is 27.7 Å². The number of anilines is 1. The molecule has 0 aliphatic rings. The smallest absolute Gasteiger partial charge is 0.434 e. The summed E-state index contributed by atoms with van der Waals surface area (Å²) < 4.78 is 49.5. The molecule has 0 fully saturated rings. The van der Waals surface area contributed by atoms with Crippen molar-refractivity contribution in [2.75, 3.05) is 12.5 Å². The van der Waals surface area contributed by atoms with Crippen LogP contribution in [0.4, 0.5) is 19.1 Å². The molecule has 0 spiro atoms. The van der Waals surface area contributed by atoms with E-state index >= 15 is 0 Å². The number of aromatic nitrogens is 3. The molecule has 0 saturated carbocycles. The van der Waals surface area contributed by atoms with E-state index in [9.17, 15) is 18.0 Å². The number of carbonyl (C=O) groups excluding carboxylic acids is 1. The van der Waals surface area contributed by atoms with Gasteiger partial charge < -0.3 is 9.26 Å². The van der Waals surface area contributed by atoms with E-state index in [1.807, 2.05) is 0 Å². The van der Waals surface area contributed by atoms with E-state index in [2.05, 4.69) is 30.4 Å². The van der Waals surface area contributed by atoms with E-state index in [0.29, 0.717) is 44.5 Å². The van der Waals surface area contributed by atoms with E-state index < -0.39 is 29.4 Å². The van der Waals surface area contributed by atoms with Crippen LogP contribution in [0, 0.1) is 6.92 Å². The maximum atomic E-state index is 13.3. The summed E-state index contributed by atoms with van der Waals surface area (Å²) in [6, 6.07) is 4.80. The fraction of sp³-hybridized carbons (Fsp3) is 0.211. The van der Waals surface area contributed by atoms with Crippen LogP contribution in [0.1, 0.15) is 34.3 Å². The number of benzene rings is 1. The highest BCUT2D eigenvalue weighted by molar-refractivity contribution is 6.36. The van der Waals surface area contributed by atoms with Crippen molar-refractivity contribution < 1.29 is 27.2 Å². The van der Waals surface area contributed by atoms with Crippen LogP contribution in [0.2, 0.25) is 10.0 Å². The molecule has 2 heterocycles. The quantitative estimate of drug-likeness (QED) is 0.292. The monoisotopic (exact) mass is 487 g/mol. The molecule has 0 atom stereocenters. The number of hydrazone groups is 1. The van der Waals surface area contributed by atoms with Gasteiger partial charge in [-0.25, -0.2) is 20.2 Å². The second-order valence-electron chi connectivity index (χ2n) is 6.34. The van der Waals surface area contributed by atoms with Crippen LogP contribution in [-0.4, -0.2) is 33.9 Å². The van der Waals surface area contributed by atoms with Crippen LogP contribution >= 0.6 is 23.2 Å². The largest absolute Gasteiger partial charge is 0.465 e. The number of esters is 1. The molecule has 2 aromatic heterocycles. The molecule has 168 valence electrons. The molecule has 8 nitrogen and oxygen atoms in total. The van der Waals surface area contributed by atoms with Gasteiger partial charge in [-0.2, -0.15) is 18.3 Å². The second kappa shape index (κ2) is 9.13. The van der Waals surface area contributed by atoms with Crippen molar-refractivity contribution >= 4 is 40.8 Å². The lowest BCUT2D eigenvalue weighted by Crippen LogP contribution is -2.18. The zero-order chi connectivity index (χ0) is 23.6. The third kappa shape index (κ3) is 4.83. The predicted octanol–water partition coefficient (Wildman–Crippen LogP) is 5.39. The van der Waals surface area contributed by atoms with Crippen molar-refractivity contribution in [3.8, 4) is 11.3 Å². The lowest BCUT2D eigenvalue weighted by Gasteiger charge is -2.11. The van der Waals surface area contributed by atoms with Gasteiger partial charge in [0.2, 0.25) is 5.95 Å². The Morgan fingerprint density at radius 3 is 2.62 bits per heavy atom. The van der Waals surface area contributed by atoms with Crippen molar-refractivity contribution in [3.05, 3.63) is 57.0 Å². The number of alkyl halides is 3. The Labute approximate surface area is 189 Å². The number of ether oxygens (including phenoxy) is 1. The Balaban J connectivity index is 1.97. The number of rotatable bonds is 5. The fourth-order valence-corrected chi connectivity index (χ4v) is 3.26. The van der Waals surface area contributed by atoms with Gasteiger partial charge in [0.15, 0.2) is 5.69 Å². The summed E-state index contributed by atoms with van der Waals surface area (Å²) in [5.74, 6) is -1.30. The maximum absolute atomic E-state index is 13.3. The summed E-state index contributed by atoms with van der Waals surface area (Å²) in [5.41, 5.74) is 1.73. The second-order valence-corrected chi connectivity index (χ2v) is 7.18. The Morgan fingerprint density at radius 1 is 1.28 bits per heavy atom. The molecule has 0 bridgehead atoms. The first-order valence-electron chi connectivity index (χ1n) is 8.77. The number of nitrogens with one attached hydrogen (secondary N) is 1. The number of carbonyl (C=O) groups is 1. The van der Waals surface area contributed by atoms with Crippen LogP contribution in [0.25, 0.3) is 11.3 Å². The molecule has 13 heteroatoms. The average molecular weight is 488 g/mol. The van der Waals surface area contributed by atoms with E-state index in [-0.39, 0.29) is 0 Å². The first-order chi connectivity index (χ1) is 15.0. The summed E-state index contributed by atoms with van der Waals surface area (Å²) in [6.45, 7) is 3.21. The molecular weight excluding hydrogens is 474 g/mol. The zero-order valence-corrected chi connectivity index (χ0v) is 18.2. The van der Waals surface area contributed by atoms with Gasteiger partial charge in [-0.05, 0) is 32.0 Å². The Morgan fingerprint density at radius 2 is 2.00 bits per heavy atom. The van der Waals surface area contributed by atoms with E-state index in [1.165, 1.54) is 6.07 Å². The maximum Gasteiger partial charge on any atom is 0.434 e. The molecule has 0 aliphatic heterocycles. The van der Waals surface area contributed by atoms with Gasteiger partial charge in [-0.3, -0.25) is 0 Å². The van der Waals surface area contributed by atoms with Gasteiger partial charge in [0.25, 0.3) is 0 Å². The number of hydrogen-bond acceptors (Lipinski definition) is 8. The van der Waals surface area contributed by atoms with Gasteiger partial charge in [0.1, 0.15) is 17.0 Å². The van der Waals surface area contributed by atoms with Gasteiger partial charge in [0, 0.05) is 16.8 Å². The van der Waals surface area contributed by atoms with Crippen LogP contribution < -0.4 is 5.43 Å². The summed E-state index contributed by atoms with van der Waals surface area (Å²) in [6.07, 6.45) is -4.20. The first-order valence-corrected chi connectivity index (χ1v) is 9.53. The average Bonchev–Trinajstić information content (AvgIpc) is 3.11. The lowest BCUT2D eigenvalue weighted by molar-refractivity contribution is -0.141. The normalized spacial score (nSPS) is 12.1. The molecule has 3 aromatic rings. The van der Waals surface area contributed by atoms with Gasteiger partial charge in [-0.15, -0.1) is 0 Å². The third-order valence-electron chi connectivity index (χ3n) is 4.20. The van der Waals surface area contributed by atoms with Crippen molar-refractivity contribution in [3.63, 3.8) is 0 Å². The van der Waals surface area contributed by atoms with Gasteiger partial charge in [-0.1, -0.05) is 28.4 Å². The van der Waals surface area contributed by atoms with E-state index in [1.54, 1.807) is 26.0 Å². The van der Waals surface area contributed by atoms with Gasteiger partial charge in [0.05, 0.1) is 23.4 Å². The molecule has 1 aromatic carbocycles. The molecule has 32 heavy (non-hydrogen) atoms. The Kier molecular flexibility index (Phi) is 6.70. The highest BCUT2D eigenvalue weighted by atomic mass is 35.5. The number of hydrogen-bond donors (Lipinski definition) is 1. The molecule has 1 N–H and O–H groups in total. The highest BCUT2D eigenvalue weighted by Crippen LogP contribution is 2.34. The zero-order valence-electron chi connectivity index (χ0n) is 16.7. The summed E-state index contributed by atoms with van der Waals surface area (Å²) in [4.78, 5) is 18.6. The minimum absolute atomic E-state index is 0.305. The van der Waals surface area contributed by atoms with Crippen LogP contribution in [-0.2, 0) is 10.9 Å². The number of nitrogens with zero attached hydrogens (tertiary/aromatic N) is 4. The minimum Gasteiger partial charge on any atom is -0.465 e. The fourth-order valence-electron chi connectivity index (χ4n) is 2.76. The van der Waals surface area contributed by atoms with Crippen LogP contribution in [0.15, 0.2) is 34.0 Å². The molecule has 0 unspecified atom stereocenters. The molecule has 0 saturated heterocycles. The molecular formula is C19H14Cl2F3N5O3. The number of halogens is 5. The molecule has 0 aliphatic carbocycles. The number of methoxy groups -OCH3 is 1. The highest BCUT2D eigenvalue weighted by Gasteiger charge is 2.38. The van der Waals surface area contributed by atoms with Gasteiger partial charge >= 0.3 is 12.1 Å². The van der Waals surface area contributed by atoms with Crippen molar-refractivity contribution in [1.82, 2.24) is 15.1 Å². The summed E-state index contributed by atoms with van der Waals surface area (Å²) in [5, 5.41) is 8.79. The van der Waals surface area contributed by atoms with Crippen molar-refractivity contribution in [2.24, 2.45) is 5.10 Å². The number of aryl methyl sites for hydroxylation is 1.